The van der Waals surface area contributed by atoms with Crippen molar-refractivity contribution >= 4 is 23.6 Å². The first-order chi connectivity index (χ1) is 6.39. The van der Waals surface area contributed by atoms with Crippen molar-refractivity contribution in [2.24, 2.45) is 0 Å². The fourth-order valence-electron chi connectivity index (χ4n) is 1.25. The lowest BCUT2D eigenvalue weighted by atomic mass is 9.87. The fourth-order valence-corrected chi connectivity index (χ4v) is 1.52. The zero-order valence-electron chi connectivity index (χ0n) is 8.72. The minimum atomic E-state index is 0.195. The number of hydrogen-bond acceptors (Lipinski definition) is 1. The Morgan fingerprint density at radius 3 is 1.93 bits per heavy atom. The molecule has 3 heteroatoms. The molecule has 1 rings (SSSR count). The molecule has 0 aliphatic carbocycles. The minimum Gasteiger partial charge on any atom is -0.127 e. The summed E-state index contributed by atoms with van der Waals surface area (Å²) < 4.78 is 1.13. The summed E-state index contributed by atoms with van der Waals surface area (Å²) >= 11 is 11.1. The van der Waals surface area contributed by atoms with Crippen LogP contribution in [-0.2, 0) is 12.0 Å². The second-order valence-electron chi connectivity index (χ2n) is 4.41. The maximum absolute atomic E-state index is 5.54. The fraction of sp³-hybridized carbons (Fsp3) is 0.455. The molecule has 0 radical (unpaired) electrons. The maximum Gasteiger partial charge on any atom is 0.0554 e. The van der Waals surface area contributed by atoms with E-state index in [9.17, 15) is 0 Å². The number of nitrogens with zero attached hydrogens (tertiary/aromatic N) is 1. The molecule has 0 unspecified atom stereocenters. The van der Waals surface area contributed by atoms with E-state index in [0.717, 1.165) is 9.50 Å². The molecule has 0 bridgehead atoms. The Bertz CT molecular complexity index is 285. The third-order valence-corrected chi connectivity index (χ3v) is 2.36. The highest BCUT2D eigenvalue weighted by atomic mass is 35.5. The van der Waals surface area contributed by atoms with E-state index < -0.39 is 0 Å². The minimum absolute atomic E-state index is 0.195. The first-order valence-electron chi connectivity index (χ1n) is 4.58. The summed E-state index contributed by atoms with van der Waals surface area (Å²) in [7, 11) is 0. The Balaban J connectivity index is 2.79. The average molecular weight is 232 g/mol. The van der Waals surface area contributed by atoms with Gasteiger partial charge in [-0.2, -0.15) is 0 Å². The third kappa shape index (κ3) is 3.49. The van der Waals surface area contributed by atoms with E-state index in [4.69, 9.17) is 23.6 Å². The molecule has 1 aromatic rings. The Kier molecular flexibility index (Phi) is 3.82. The van der Waals surface area contributed by atoms with Gasteiger partial charge in [0.15, 0.2) is 0 Å². The third-order valence-electron chi connectivity index (χ3n) is 2.12. The molecule has 1 aromatic carbocycles. The van der Waals surface area contributed by atoms with Crippen LogP contribution in [0, 0.1) is 0 Å². The summed E-state index contributed by atoms with van der Waals surface area (Å²) in [6.45, 7) is 7.12. The monoisotopic (exact) mass is 231 g/mol. The van der Waals surface area contributed by atoms with Gasteiger partial charge in [-0.05, 0) is 40.1 Å². The van der Waals surface area contributed by atoms with Crippen LogP contribution in [0.2, 0.25) is 0 Å². The number of rotatable bonds is 2. The maximum atomic E-state index is 5.54. The quantitative estimate of drug-likeness (QED) is 0.694. The molecule has 0 aliphatic rings. The van der Waals surface area contributed by atoms with E-state index in [0.29, 0.717) is 6.54 Å². The summed E-state index contributed by atoms with van der Waals surface area (Å²) in [5, 5.41) is 0. The van der Waals surface area contributed by atoms with E-state index in [-0.39, 0.29) is 5.41 Å². The van der Waals surface area contributed by atoms with Crippen molar-refractivity contribution in [3.05, 3.63) is 35.4 Å². The largest absolute Gasteiger partial charge is 0.127 e. The number of benzene rings is 1. The number of hydrogen-bond donors (Lipinski definition) is 0. The van der Waals surface area contributed by atoms with Gasteiger partial charge in [-0.25, -0.2) is 0 Å². The molecule has 0 saturated carbocycles. The van der Waals surface area contributed by atoms with Crippen LogP contribution in [-0.4, -0.2) is 3.94 Å². The van der Waals surface area contributed by atoms with Gasteiger partial charge in [0, 0.05) is 0 Å². The van der Waals surface area contributed by atoms with Crippen LogP contribution in [0.5, 0.6) is 0 Å². The topological polar surface area (TPSA) is 3.24 Å². The summed E-state index contributed by atoms with van der Waals surface area (Å²) in [5.74, 6) is 0. The summed E-state index contributed by atoms with van der Waals surface area (Å²) in [6.07, 6.45) is 0. The first kappa shape index (κ1) is 11.8. The Hall–Kier alpha value is -0.240. The van der Waals surface area contributed by atoms with Crippen LogP contribution in [0.1, 0.15) is 31.9 Å². The van der Waals surface area contributed by atoms with E-state index in [1.54, 1.807) is 0 Å². The highest BCUT2D eigenvalue weighted by Crippen LogP contribution is 2.22. The smallest absolute Gasteiger partial charge is 0.0554 e. The Morgan fingerprint density at radius 1 is 1.07 bits per heavy atom. The molecular weight excluding hydrogens is 217 g/mol. The average Bonchev–Trinajstić information content (AvgIpc) is 2.02. The summed E-state index contributed by atoms with van der Waals surface area (Å²) in [4.78, 5) is 0. The lowest BCUT2D eigenvalue weighted by Gasteiger charge is -2.19. The Morgan fingerprint density at radius 2 is 1.57 bits per heavy atom. The van der Waals surface area contributed by atoms with Gasteiger partial charge < -0.3 is 0 Å². The van der Waals surface area contributed by atoms with Crippen molar-refractivity contribution in [2.45, 2.75) is 32.7 Å². The zero-order chi connectivity index (χ0) is 10.8. The van der Waals surface area contributed by atoms with Crippen molar-refractivity contribution in [2.75, 3.05) is 0 Å². The van der Waals surface area contributed by atoms with Crippen molar-refractivity contribution < 1.29 is 0 Å². The van der Waals surface area contributed by atoms with E-state index in [1.165, 1.54) is 5.56 Å². The SMILES string of the molecule is CC(C)(C)c1ccc(CN(Cl)Cl)cc1. The van der Waals surface area contributed by atoms with Crippen LogP contribution in [0.25, 0.3) is 0 Å². The molecular formula is C11H15Cl2N. The molecule has 78 valence electrons. The van der Waals surface area contributed by atoms with E-state index in [2.05, 4.69) is 45.0 Å². The predicted octanol–water partition coefficient (Wildman–Crippen LogP) is 4.09. The molecule has 0 atom stereocenters. The van der Waals surface area contributed by atoms with Gasteiger partial charge in [0.25, 0.3) is 0 Å². The van der Waals surface area contributed by atoms with Crippen LogP contribution < -0.4 is 0 Å². The van der Waals surface area contributed by atoms with Crippen molar-refractivity contribution in [3.63, 3.8) is 0 Å². The summed E-state index contributed by atoms with van der Waals surface area (Å²) in [6, 6.07) is 8.34. The molecule has 0 saturated heterocycles. The Labute approximate surface area is 95.8 Å². The molecule has 1 nitrogen and oxygen atoms in total. The van der Waals surface area contributed by atoms with E-state index >= 15 is 0 Å². The van der Waals surface area contributed by atoms with Crippen LogP contribution in [0.3, 0.4) is 0 Å². The molecule has 0 N–H and O–H groups in total. The number of halogens is 2. The van der Waals surface area contributed by atoms with Gasteiger partial charge in [0.2, 0.25) is 0 Å². The highest BCUT2D eigenvalue weighted by molar-refractivity contribution is 6.33. The van der Waals surface area contributed by atoms with E-state index in [1.807, 2.05) is 0 Å². The van der Waals surface area contributed by atoms with Gasteiger partial charge >= 0.3 is 0 Å². The molecule has 0 fully saturated rings. The summed E-state index contributed by atoms with van der Waals surface area (Å²) in [5.41, 5.74) is 2.63. The highest BCUT2D eigenvalue weighted by Gasteiger charge is 2.12. The molecule has 0 aliphatic heterocycles. The second kappa shape index (κ2) is 4.52. The van der Waals surface area contributed by atoms with Crippen molar-refractivity contribution in [1.29, 1.82) is 0 Å². The molecule has 0 heterocycles. The van der Waals surface area contributed by atoms with Crippen molar-refractivity contribution in [3.8, 4) is 0 Å². The second-order valence-corrected chi connectivity index (χ2v) is 5.40. The molecule has 0 amide bonds. The zero-order valence-corrected chi connectivity index (χ0v) is 10.2. The van der Waals surface area contributed by atoms with Gasteiger partial charge in [-0.3, -0.25) is 0 Å². The van der Waals surface area contributed by atoms with Gasteiger partial charge in [-0.1, -0.05) is 45.0 Å². The normalized spacial score (nSPS) is 12.1. The van der Waals surface area contributed by atoms with Gasteiger partial charge in [0.05, 0.1) is 6.54 Å². The molecule has 14 heavy (non-hydrogen) atoms. The van der Waals surface area contributed by atoms with Gasteiger partial charge in [0.1, 0.15) is 0 Å². The molecule has 0 spiro atoms. The van der Waals surface area contributed by atoms with Crippen LogP contribution in [0.4, 0.5) is 0 Å². The van der Waals surface area contributed by atoms with Gasteiger partial charge in [-0.15, -0.1) is 3.94 Å². The molecule has 0 aromatic heterocycles. The van der Waals surface area contributed by atoms with Crippen molar-refractivity contribution in [1.82, 2.24) is 3.94 Å². The lowest BCUT2D eigenvalue weighted by molar-refractivity contribution is 0.589. The predicted molar refractivity (Wildman–Crippen MR) is 62.4 cm³/mol. The standard InChI is InChI=1S/C11H15Cl2N/c1-11(2,3)10-6-4-9(5-7-10)8-14(12)13/h4-7H,8H2,1-3H3. The first-order valence-corrected chi connectivity index (χ1v) is 5.26. The van der Waals surface area contributed by atoms with Crippen LogP contribution in [0.15, 0.2) is 24.3 Å². The van der Waals surface area contributed by atoms with Crippen LogP contribution >= 0.6 is 23.6 Å². The lowest BCUT2D eigenvalue weighted by Crippen LogP contribution is -2.11.